The summed E-state index contributed by atoms with van der Waals surface area (Å²) in [6.07, 6.45) is 2.71. The first kappa shape index (κ1) is 20.0. The molecule has 1 spiro atoms. The number of alkyl halides is 3. The molecule has 1 saturated carbocycles. The van der Waals surface area contributed by atoms with E-state index in [0.29, 0.717) is 23.0 Å². The highest BCUT2D eigenvalue weighted by Crippen LogP contribution is 2.43. The fourth-order valence-corrected chi connectivity index (χ4v) is 5.30. The Morgan fingerprint density at radius 2 is 1.68 bits per heavy atom. The first-order valence-electron chi connectivity index (χ1n) is 10.5. The van der Waals surface area contributed by atoms with E-state index < -0.39 is 11.7 Å². The highest BCUT2D eigenvalue weighted by Gasteiger charge is 2.43. The van der Waals surface area contributed by atoms with Crippen molar-refractivity contribution in [1.82, 2.24) is 9.88 Å². The maximum absolute atomic E-state index is 13.1. The second-order valence-corrected chi connectivity index (χ2v) is 9.02. The fraction of sp³-hybridized carbons (Fsp3) is 0.762. The van der Waals surface area contributed by atoms with Crippen molar-refractivity contribution in [2.45, 2.75) is 70.2 Å². The number of aryl methyl sites for hydroxylation is 1. The summed E-state index contributed by atoms with van der Waals surface area (Å²) in [4.78, 5) is 9.00. The third-order valence-corrected chi connectivity index (χ3v) is 7.07. The van der Waals surface area contributed by atoms with E-state index in [2.05, 4.69) is 9.88 Å². The molecule has 0 unspecified atom stereocenters. The van der Waals surface area contributed by atoms with Gasteiger partial charge in [0.15, 0.2) is 0 Å². The van der Waals surface area contributed by atoms with E-state index in [4.69, 9.17) is 0 Å². The minimum atomic E-state index is -4.33. The van der Waals surface area contributed by atoms with Gasteiger partial charge in [-0.2, -0.15) is 13.2 Å². The van der Waals surface area contributed by atoms with E-state index in [1.165, 1.54) is 12.5 Å². The van der Waals surface area contributed by atoms with E-state index in [-0.39, 0.29) is 6.10 Å². The number of rotatable bonds is 2. The van der Waals surface area contributed by atoms with E-state index in [1.807, 2.05) is 4.90 Å². The average Bonchev–Trinajstić information content (AvgIpc) is 3.05. The minimum Gasteiger partial charge on any atom is -0.393 e. The normalized spacial score (nSPS) is 28.8. The summed E-state index contributed by atoms with van der Waals surface area (Å²) in [5, 5.41) is 9.74. The lowest BCUT2D eigenvalue weighted by Crippen LogP contribution is -2.44. The smallest absolute Gasteiger partial charge is 0.393 e. The summed E-state index contributed by atoms with van der Waals surface area (Å²) in [5.41, 5.74) is 0.0990. The molecule has 156 valence electrons. The number of piperidine rings is 1. The van der Waals surface area contributed by atoms with Crippen molar-refractivity contribution in [3.8, 4) is 0 Å². The second-order valence-electron chi connectivity index (χ2n) is 9.02. The zero-order valence-corrected chi connectivity index (χ0v) is 16.5. The molecule has 3 fully saturated rings. The van der Waals surface area contributed by atoms with Crippen LogP contribution in [0.1, 0.15) is 56.2 Å². The van der Waals surface area contributed by atoms with Gasteiger partial charge in [-0.15, -0.1) is 0 Å². The van der Waals surface area contributed by atoms with Crippen LogP contribution in [0.3, 0.4) is 0 Å². The lowest BCUT2D eigenvalue weighted by Gasteiger charge is -2.41. The van der Waals surface area contributed by atoms with Gasteiger partial charge < -0.3 is 10.0 Å². The molecule has 0 bridgehead atoms. The number of hydrogen-bond donors (Lipinski definition) is 1. The average molecular weight is 397 g/mol. The summed E-state index contributed by atoms with van der Waals surface area (Å²) < 4.78 is 39.4. The Balaban J connectivity index is 1.38. The van der Waals surface area contributed by atoms with Crippen LogP contribution in [0.15, 0.2) is 12.1 Å². The molecule has 0 radical (unpaired) electrons. The Morgan fingerprint density at radius 1 is 1.04 bits per heavy atom. The van der Waals surface area contributed by atoms with Gasteiger partial charge in [0.2, 0.25) is 0 Å². The molecule has 4 rings (SSSR count). The van der Waals surface area contributed by atoms with Gasteiger partial charge in [-0.3, -0.25) is 4.90 Å². The number of anilines is 1. The molecule has 28 heavy (non-hydrogen) atoms. The summed E-state index contributed by atoms with van der Waals surface area (Å²) in [5.74, 6) is 0.457. The number of aliphatic hydroxyl groups excluding tert-OH is 1. The van der Waals surface area contributed by atoms with Crippen molar-refractivity contribution in [3.63, 3.8) is 0 Å². The molecule has 0 atom stereocenters. The first-order valence-corrected chi connectivity index (χ1v) is 10.5. The number of likely N-dealkylation sites (tertiary alicyclic amines) is 1. The molecule has 1 N–H and O–H groups in total. The molecule has 1 aromatic rings. The van der Waals surface area contributed by atoms with Gasteiger partial charge in [-0.1, -0.05) is 0 Å². The van der Waals surface area contributed by atoms with Crippen molar-refractivity contribution in [2.75, 3.05) is 31.1 Å². The predicted molar refractivity (Wildman–Crippen MR) is 102 cm³/mol. The highest BCUT2D eigenvalue weighted by atomic mass is 19.4. The molecule has 2 saturated heterocycles. The number of aromatic nitrogens is 1. The molecule has 3 aliphatic rings. The van der Waals surface area contributed by atoms with Crippen molar-refractivity contribution in [3.05, 3.63) is 23.4 Å². The van der Waals surface area contributed by atoms with E-state index >= 15 is 0 Å². The van der Waals surface area contributed by atoms with E-state index in [0.717, 1.165) is 70.8 Å². The second kappa shape index (κ2) is 7.48. The Kier molecular flexibility index (Phi) is 5.33. The molecule has 7 heteroatoms. The lowest BCUT2D eigenvalue weighted by atomic mass is 9.77. The van der Waals surface area contributed by atoms with Crippen LogP contribution in [0.4, 0.5) is 19.0 Å². The van der Waals surface area contributed by atoms with Crippen LogP contribution < -0.4 is 4.90 Å². The van der Waals surface area contributed by atoms with E-state index in [1.54, 1.807) is 6.92 Å². The fourth-order valence-electron chi connectivity index (χ4n) is 5.30. The molecule has 0 aromatic carbocycles. The largest absolute Gasteiger partial charge is 0.416 e. The van der Waals surface area contributed by atoms with Crippen LogP contribution in [-0.2, 0) is 6.18 Å². The summed E-state index contributed by atoms with van der Waals surface area (Å²) >= 11 is 0. The van der Waals surface area contributed by atoms with Crippen molar-refractivity contribution >= 4 is 5.82 Å². The molecule has 4 nitrogen and oxygen atoms in total. The van der Waals surface area contributed by atoms with Gasteiger partial charge in [-0.25, -0.2) is 4.98 Å². The van der Waals surface area contributed by atoms with E-state index in [9.17, 15) is 18.3 Å². The minimum absolute atomic E-state index is 0.125. The van der Waals surface area contributed by atoms with Crippen LogP contribution in [0.5, 0.6) is 0 Å². The summed E-state index contributed by atoms with van der Waals surface area (Å²) in [7, 11) is 0. The van der Waals surface area contributed by atoms with Gasteiger partial charge in [0.25, 0.3) is 0 Å². The summed E-state index contributed by atoms with van der Waals surface area (Å²) in [6, 6.07) is 2.90. The lowest BCUT2D eigenvalue weighted by molar-refractivity contribution is -0.137. The van der Waals surface area contributed by atoms with Gasteiger partial charge >= 0.3 is 6.18 Å². The number of aliphatic hydroxyl groups is 1. The van der Waals surface area contributed by atoms with Crippen LogP contribution in [0, 0.1) is 12.3 Å². The Labute approximate surface area is 164 Å². The SMILES string of the molecule is Cc1cc(C(F)(F)F)cc(N2CCC3(CC2)CCN([C@H]2CC[C@H](O)CC2)C3)n1. The standard InChI is InChI=1S/C21H30F3N3O/c1-15-12-16(21(22,23)24)13-19(25-15)26-9-6-20(7-10-26)8-11-27(14-20)17-2-4-18(28)5-3-17/h12-13,17-18,28H,2-11,14H2,1H3/t17-,18-. The van der Waals surface area contributed by atoms with Crippen molar-refractivity contribution in [1.29, 1.82) is 0 Å². The maximum atomic E-state index is 13.1. The van der Waals surface area contributed by atoms with Crippen LogP contribution >= 0.6 is 0 Å². The van der Waals surface area contributed by atoms with Crippen LogP contribution in [0.2, 0.25) is 0 Å². The Bertz CT molecular complexity index is 693. The monoisotopic (exact) mass is 397 g/mol. The first-order chi connectivity index (χ1) is 13.2. The molecule has 3 heterocycles. The van der Waals surface area contributed by atoms with Crippen molar-refractivity contribution in [2.24, 2.45) is 5.41 Å². The zero-order valence-electron chi connectivity index (χ0n) is 16.5. The molecule has 0 amide bonds. The van der Waals surface area contributed by atoms with Crippen LogP contribution in [-0.4, -0.2) is 53.3 Å². The molecule has 2 aliphatic heterocycles. The maximum Gasteiger partial charge on any atom is 0.416 e. The van der Waals surface area contributed by atoms with Crippen LogP contribution in [0.25, 0.3) is 0 Å². The molecular weight excluding hydrogens is 367 g/mol. The van der Waals surface area contributed by atoms with Gasteiger partial charge in [0.05, 0.1) is 11.7 Å². The highest BCUT2D eigenvalue weighted by molar-refractivity contribution is 5.44. The third kappa shape index (κ3) is 4.15. The van der Waals surface area contributed by atoms with Crippen molar-refractivity contribution < 1.29 is 18.3 Å². The molecular formula is C21H30F3N3O. The Morgan fingerprint density at radius 3 is 2.32 bits per heavy atom. The van der Waals surface area contributed by atoms with Gasteiger partial charge in [0, 0.05) is 31.4 Å². The zero-order chi connectivity index (χ0) is 19.9. The Hall–Kier alpha value is -1.34. The molecule has 1 aliphatic carbocycles. The molecule has 1 aromatic heterocycles. The van der Waals surface area contributed by atoms with Gasteiger partial charge in [-0.05, 0) is 76.0 Å². The summed E-state index contributed by atoms with van der Waals surface area (Å²) in [6.45, 7) is 5.37. The number of hydrogen-bond acceptors (Lipinski definition) is 4. The predicted octanol–water partition coefficient (Wildman–Crippen LogP) is 4.00. The quantitative estimate of drug-likeness (QED) is 0.819. The van der Waals surface area contributed by atoms with Gasteiger partial charge in [0.1, 0.15) is 5.82 Å². The number of halogens is 3. The number of nitrogens with zero attached hydrogens (tertiary/aromatic N) is 3. The third-order valence-electron chi connectivity index (χ3n) is 7.07. The topological polar surface area (TPSA) is 39.6 Å². The number of pyridine rings is 1.